The van der Waals surface area contributed by atoms with Gasteiger partial charge < -0.3 is 9.64 Å². The molecular formula is C15H31NO. The maximum Gasteiger partial charge on any atom is 0.0603 e. The summed E-state index contributed by atoms with van der Waals surface area (Å²) in [6.45, 7) is 12.2. The molecule has 0 atom stereocenters. The van der Waals surface area contributed by atoms with Crippen LogP contribution in [0.5, 0.6) is 0 Å². The molecule has 2 fully saturated rings. The molecule has 17 heavy (non-hydrogen) atoms. The van der Waals surface area contributed by atoms with E-state index >= 15 is 0 Å². The molecule has 0 radical (unpaired) electrons. The van der Waals surface area contributed by atoms with Crippen molar-refractivity contribution in [3.05, 3.63) is 0 Å². The Kier molecular flexibility index (Phi) is 7.14. The van der Waals surface area contributed by atoms with Crippen LogP contribution in [-0.4, -0.2) is 36.7 Å². The fourth-order valence-electron chi connectivity index (χ4n) is 2.75. The van der Waals surface area contributed by atoms with Crippen LogP contribution in [0.2, 0.25) is 0 Å². The molecule has 2 aliphatic rings. The lowest BCUT2D eigenvalue weighted by Crippen LogP contribution is -2.41. The molecule has 2 nitrogen and oxygen atoms in total. The van der Waals surface area contributed by atoms with Crippen molar-refractivity contribution in [3.63, 3.8) is 0 Å². The number of ether oxygens (including phenoxy) is 1. The molecular weight excluding hydrogens is 210 g/mol. The highest BCUT2D eigenvalue weighted by molar-refractivity contribution is 4.81. The summed E-state index contributed by atoms with van der Waals surface area (Å²) in [5.74, 6) is 0.964. The molecule has 0 aromatic rings. The van der Waals surface area contributed by atoms with E-state index in [1.54, 1.807) is 0 Å². The van der Waals surface area contributed by atoms with Crippen molar-refractivity contribution in [1.29, 1.82) is 0 Å². The molecule has 0 N–H and O–H groups in total. The van der Waals surface area contributed by atoms with Gasteiger partial charge >= 0.3 is 0 Å². The van der Waals surface area contributed by atoms with E-state index in [1.165, 1.54) is 51.7 Å². The van der Waals surface area contributed by atoms with Crippen LogP contribution < -0.4 is 0 Å². The minimum absolute atomic E-state index is 0.565. The Morgan fingerprint density at radius 2 is 1.59 bits per heavy atom. The summed E-state index contributed by atoms with van der Waals surface area (Å²) < 4.78 is 6.13. The van der Waals surface area contributed by atoms with E-state index in [1.807, 2.05) is 13.8 Å². The summed E-state index contributed by atoms with van der Waals surface area (Å²) in [6.07, 6.45) is 7.66. The summed E-state index contributed by atoms with van der Waals surface area (Å²) in [7, 11) is 0. The molecule has 1 saturated carbocycles. The van der Waals surface area contributed by atoms with E-state index in [9.17, 15) is 0 Å². The molecule has 102 valence electrons. The van der Waals surface area contributed by atoms with Crippen molar-refractivity contribution in [2.45, 2.75) is 72.0 Å². The molecule has 0 unspecified atom stereocenters. The number of likely N-dealkylation sites (tertiary alicyclic amines) is 1. The Morgan fingerprint density at radius 3 is 2.06 bits per heavy atom. The van der Waals surface area contributed by atoms with Crippen LogP contribution in [0.25, 0.3) is 0 Å². The highest BCUT2D eigenvalue weighted by Gasteiger charge is 2.31. The Labute approximate surface area is 108 Å². The van der Waals surface area contributed by atoms with Crippen molar-refractivity contribution in [2.24, 2.45) is 5.92 Å². The van der Waals surface area contributed by atoms with Crippen LogP contribution in [0.1, 0.15) is 59.8 Å². The highest BCUT2D eigenvalue weighted by Crippen LogP contribution is 2.34. The second-order valence-electron chi connectivity index (χ2n) is 5.14. The van der Waals surface area contributed by atoms with Gasteiger partial charge in [-0.3, -0.25) is 0 Å². The maximum absolute atomic E-state index is 6.13. The molecule has 2 rings (SSSR count). The van der Waals surface area contributed by atoms with E-state index in [0.29, 0.717) is 12.2 Å². The first-order valence-corrected chi connectivity index (χ1v) is 7.69. The summed E-state index contributed by atoms with van der Waals surface area (Å²) >= 11 is 0. The number of nitrogens with zero attached hydrogens (tertiary/aromatic N) is 1. The first-order chi connectivity index (χ1) is 8.31. The lowest BCUT2D eigenvalue weighted by molar-refractivity contribution is -0.0936. The van der Waals surface area contributed by atoms with Crippen molar-refractivity contribution in [3.8, 4) is 0 Å². The third-order valence-electron chi connectivity index (χ3n) is 4.14. The minimum atomic E-state index is 0.565. The first-order valence-electron chi connectivity index (χ1n) is 7.69. The number of hydrogen-bond donors (Lipinski definition) is 0. The fourth-order valence-corrected chi connectivity index (χ4v) is 2.75. The average Bonchev–Trinajstić information content (AvgIpc) is 2.36. The summed E-state index contributed by atoms with van der Waals surface area (Å²) in [5, 5.41) is 0. The zero-order valence-corrected chi connectivity index (χ0v) is 12.2. The van der Waals surface area contributed by atoms with Gasteiger partial charge in [-0.2, -0.15) is 0 Å². The Morgan fingerprint density at radius 1 is 1.00 bits per heavy atom. The molecule has 2 heteroatoms. The van der Waals surface area contributed by atoms with Gasteiger partial charge in [0.15, 0.2) is 0 Å². The standard InChI is InChI=1S/C13H25NO.C2H6/c1-3-11-9-13(10-11)15-12-5-7-14(4-2)8-6-12;1-2/h11-13H,3-10H2,1-2H3;1-2H3. The van der Waals surface area contributed by atoms with Crippen molar-refractivity contribution < 1.29 is 4.74 Å². The Balaban J connectivity index is 0.000000686. The average molecular weight is 241 g/mol. The minimum Gasteiger partial charge on any atom is -0.375 e. The molecule has 0 aromatic heterocycles. The lowest BCUT2D eigenvalue weighted by Gasteiger charge is -2.39. The Hall–Kier alpha value is -0.0800. The molecule has 1 aliphatic carbocycles. The monoisotopic (exact) mass is 241 g/mol. The molecule has 0 amide bonds. The van der Waals surface area contributed by atoms with E-state index in [0.717, 1.165) is 5.92 Å². The van der Waals surface area contributed by atoms with E-state index in [-0.39, 0.29) is 0 Å². The molecule has 0 bridgehead atoms. The van der Waals surface area contributed by atoms with Gasteiger partial charge in [-0.25, -0.2) is 0 Å². The van der Waals surface area contributed by atoms with Gasteiger partial charge in [-0.1, -0.05) is 34.1 Å². The molecule has 1 aliphatic heterocycles. The first kappa shape index (κ1) is 15.0. The number of hydrogen-bond acceptors (Lipinski definition) is 2. The van der Waals surface area contributed by atoms with Gasteiger partial charge in [0.2, 0.25) is 0 Å². The molecule has 1 heterocycles. The van der Waals surface area contributed by atoms with Crippen LogP contribution in [-0.2, 0) is 4.74 Å². The van der Waals surface area contributed by atoms with E-state index < -0.39 is 0 Å². The fraction of sp³-hybridized carbons (Fsp3) is 1.00. The quantitative estimate of drug-likeness (QED) is 0.744. The number of rotatable bonds is 4. The van der Waals surface area contributed by atoms with E-state index in [2.05, 4.69) is 18.7 Å². The van der Waals surface area contributed by atoms with Crippen molar-refractivity contribution in [1.82, 2.24) is 4.90 Å². The third-order valence-corrected chi connectivity index (χ3v) is 4.14. The van der Waals surface area contributed by atoms with Gasteiger partial charge in [-0.05, 0) is 38.1 Å². The number of piperidine rings is 1. The van der Waals surface area contributed by atoms with Gasteiger partial charge in [0.25, 0.3) is 0 Å². The van der Waals surface area contributed by atoms with Crippen LogP contribution >= 0.6 is 0 Å². The Bertz CT molecular complexity index is 181. The van der Waals surface area contributed by atoms with Crippen LogP contribution in [0.4, 0.5) is 0 Å². The molecule has 1 saturated heterocycles. The van der Waals surface area contributed by atoms with Gasteiger partial charge in [-0.15, -0.1) is 0 Å². The second-order valence-corrected chi connectivity index (χ2v) is 5.14. The largest absolute Gasteiger partial charge is 0.375 e. The van der Waals surface area contributed by atoms with Gasteiger partial charge in [0.05, 0.1) is 12.2 Å². The van der Waals surface area contributed by atoms with Crippen molar-refractivity contribution in [2.75, 3.05) is 19.6 Å². The summed E-state index contributed by atoms with van der Waals surface area (Å²) in [5.41, 5.74) is 0. The summed E-state index contributed by atoms with van der Waals surface area (Å²) in [6, 6.07) is 0. The predicted octanol–water partition coefficient (Wildman–Crippen LogP) is 3.70. The maximum atomic E-state index is 6.13. The third kappa shape index (κ3) is 4.59. The van der Waals surface area contributed by atoms with E-state index in [4.69, 9.17) is 4.74 Å². The highest BCUT2D eigenvalue weighted by atomic mass is 16.5. The SMILES string of the molecule is CC.CCC1CC(OC2CCN(CC)CC2)C1. The van der Waals surface area contributed by atoms with Gasteiger partial charge in [0, 0.05) is 13.1 Å². The topological polar surface area (TPSA) is 12.5 Å². The second kappa shape index (κ2) is 8.10. The van der Waals surface area contributed by atoms with Crippen LogP contribution in [0.15, 0.2) is 0 Å². The predicted molar refractivity (Wildman–Crippen MR) is 74.4 cm³/mol. The smallest absolute Gasteiger partial charge is 0.0603 e. The zero-order valence-electron chi connectivity index (χ0n) is 12.2. The summed E-state index contributed by atoms with van der Waals surface area (Å²) in [4.78, 5) is 2.52. The lowest BCUT2D eigenvalue weighted by atomic mass is 9.80. The zero-order chi connectivity index (χ0) is 12.7. The van der Waals surface area contributed by atoms with Crippen molar-refractivity contribution >= 4 is 0 Å². The molecule has 0 spiro atoms. The molecule has 0 aromatic carbocycles. The van der Waals surface area contributed by atoms with Gasteiger partial charge in [0.1, 0.15) is 0 Å². The van der Waals surface area contributed by atoms with Crippen LogP contribution in [0.3, 0.4) is 0 Å². The normalized spacial score (nSPS) is 30.4. The van der Waals surface area contributed by atoms with Crippen LogP contribution in [0, 0.1) is 5.92 Å².